The van der Waals surface area contributed by atoms with E-state index in [-0.39, 0.29) is 10.6 Å². The van der Waals surface area contributed by atoms with Gasteiger partial charge in [0.25, 0.3) is 5.76 Å². The number of hydrogen-bond donors (Lipinski definition) is 0. The van der Waals surface area contributed by atoms with Gasteiger partial charge in [0, 0.05) is 10.5 Å². The van der Waals surface area contributed by atoms with Crippen LogP contribution in [0.15, 0.2) is 29.2 Å². The van der Waals surface area contributed by atoms with E-state index in [0.717, 1.165) is 0 Å². The van der Waals surface area contributed by atoms with Gasteiger partial charge in [-0.15, -0.1) is 0 Å². The predicted octanol–water partition coefficient (Wildman–Crippen LogP) is 4.16. The van der Waals surface area contributed by atoms with Gasteiger partial charge < -0.3 is 0 Å². The summed E-state index contributed by atoms with van der Waals surface area (Å²) in [5.41, 5.74) is 0.625. The zero-order valence-electron chi connectivity index (χ0n) is 8.65. The molecule has 0 fully saturated rings. The number of alkyl halides is 2. The van der Waals surface area contributed by atoms with Crippen molar-refractivity contribution in [2.75, 3.05) is 0 Å². The van der Waals surface area contributed by atoms with E-state index in [9.17, 15) is 8.78 Å². The zero-order valence-corrected chi connectivity index (χ0v) is 11.0. The fourth-order valence-corrected chi connectivity index (χ4v) is 2.10. The Morgan fingerprint density at radius 3 is 2.00 bits per heavy atom. The molecule has 0 spiro atoms. The molecule has 2 rings (SSSR count). The minimum atomic E-state index is -2.45. The number of aromatic nitrogens is 3. The molecule has 0 aliphatic rings. The number of rotatable bonds is 3. The van der Waals surface area contributed by atoms with Crippen molar-refractivity contribution in [2.24, 2.45) is 0 Å². The van der Waals surface area contributed by atoms with Gasteiger partial charge in [0.15, 0.2) is 5.82 Å². The Morgan fingerprint density at radius 2 is 1.50 bits per heavy atom. The minimum absolute atomic E-state index is 0.0176. The van der Waals surface area contributed by atoms with Gasteiger partial charge in [-0.2, -0.15) is 23.7 Å². The van der Waals surface area contributed by atoms with Gasteiger partial charge in [-0.3, -0.25) is 0 Å². The van der Waals surface area contributed by atoms with Crippen LogP contribution in [0.2, 0.25) is 10.6 Å². The van der Waals surface area contributed by atoms with E-state index in [0.29, 0.717) is 28.0 Å². The van der Waals surface area contributed by atoms with Gasteiger partial charge in [0.1, 0.15) is 0 Å². The molecular weight excluding hydrogens is 303 g/mol. The maximum absolute atomic E-state index is 12.1. The largest absolute Gasteiger partial charge is 0.288 e. The summed E-state index contributed by atoms with van der Waals surface area (Å²) >= 11 is 11.8. The molecule has 3 nitrogen and oxygen atoms in total. The SMILES string of the molecule is FC(F)Sc1ccc(-c2nc(Cl)nc(Cl)n2)cc1. The number of halogens is 4. The quantitative estimate of drug-likeness (QED) is 0.798. The summed E-state index contributed by atoms with van der Waals surface area (Å²) in [7, 11) is 0. The van der Waals surface area contributed by atoms with Gasteiger partial charge in [-0.1, -0.05) is 23.9 Å². The third-order valence-corrected chi connectivity index (χ3v) is 2.98. The normalized spacial score (nSPS) is 10.9. The van der Waals surface area contributed by atoms with Gasteiger partial charge in [-0.25, -0.2) is 0 Å². The summed E-state index contributed by atoms with van der Waals surface area (Å²) in [4.78, 5) is 11.9. The van der Waals surface area contributed by atoms with E-state index in [1.807, 2.05) is 0 Å². The maximum Gasteiger partial charge on any atom is 0.288 e. The van der Waals surface area contributed by atoms with Crippen LogP contribution in [-0.4, -0.2) is 20.7 Å². The zero-order chi connectivity index (χ0) is 13.1. The second-order valence-corrected chi connectivity index (χ2v) is 4.84. The third-order valence-electron chi connectivity index (χ3n) is 1.92. The lowest BCUT2D eigenvalue weighted by molar-refractivity contribution is 0.252. The Kier molecular flexibility index (Phi) is 4.31. The average Bonchev–Trinajstić information content (AvgIpc) is 2.27. The molecule has 0 aliphatic carbocycles. The summed E-state index contributed by atoms with van der Waals surface area (Å²) in [6.45, 7) is 0. The number of thioether (sulfide) groups is 1. The van der Waals surface area contributed by atoms with Gasteiger partial charge in [0.05, 0.1) is 0 Å². The molecule has 0 N–H and O–H groups in total. The van der Waals surface area contributed by atoms with Crippen molar-refractivity contribution < 1.29 is 8.78 Å². The van der Waals surface area contributed by atoms with E-state index in [2.05, 4.69) is 15.0 Å². The molecule has 0 aliphatic heterocycles. The van der Waals surface area contributed by atoms with Gasteiger partial charge >= 0.3 is 0 Å². The van der Waals surface area contributed by atoms with Gasteiger partial charge in [-0.05, 0) is 35.3 Å². The lowest BCUT2D eigenvalue weighted by Crippen LogP contribution is -1.93. The Labute approximate surface area is 116 Å². The molecule has 94 valence electrons. The summed E-state index contributed by atoms with van der Waals surface area (Å²) in [5, 5.41) is -0.0351. The first-order chi connectivity index (χ1) is 8.54. The summed E-state index contributed by atoms with van der Waals surface area (Å²) in [5.74, 6) is -2.15. The first-order valence-corrected chi connectivity index (χ1v) is 6.30. The third kappa shape index (κ3) is 3.51. The van der Waals surface area contributed by atoms with E-state index in [4.69, 9.17) is 23.2 Å². The fraction of sp³-hybridized carbons (Fsp3) is 0.100. The summed E-state index contributed by atoms with van der Waals surface area (Å²) in [6, 6.07) is 6.34. The van der Waals surface area contributed by atoms with Crippen molar-refractivity contribution in [1.82, 2.24) is 15.0 Å². The van der Waals surface area contributed by atoms with E-state index in [1.54, 1.807) is 24.3 Å². The molecule has 18 heavy (non-hydrogen) atoms. The van der Waals surface area contributed by atoms with Crippen molar-refractivity contribution >= 4 is 35.0 Å². The Bertz CT molecular complexity index is 531. The van der Waals surface area contributed by atoms with Crippen molar-refractivity contribution in [1.29, 1.82) is 0 Å². The molecular formula is C10H5Cl2F2N3S. The highest BCUT2D eigenvalue weighted by molar-refractivity contribution is 7.99. The molecule has 0 unspecified atom stereocenters. The standard InChI is InChI=1S/C10H5Cl2F2N3S/c11-8-15-7(16-9(12)17-8)5-1-3-6(4-2-5)18-10(13)14/h1-4,10H. The van der Waals surface area contributed by atoms with Crippen LogP contribution >= 0.6 is 35.0 Å². The highest BCUT2D eigenvalue weighted by atomic mass is 35.5. The summed E-state index contributed by atoms with van der Waals surface area (Å²) < 4.78 is 24.3. The first-order valence-electron chi connectivity index (χ1n) is 4.67. The number of nitrogens with zero attached hydrogens (tertiary/aromatic N) is 3. The fourth-order valence-electron chi connectivity index (χ4n) is 1.24. The van der Waals surface area contributed by atoms with Crippen LogP contribution in [0.1, 0.15) is 0 Å². The Morgan fingerprint density at radius 1 is 0.944 bits per heavy atom. The number of hydrogen-bond acceptors (Lipinski definition) is 4. The second kappa shape index (κ2) is 5.77. The Hall–Kier alpha value is -0.980. The average molecular weight is 308 g/mol. The second-order valence-electron chi connectivity index (χ2n) is 3.10. The highest BCUT2D eigenvalue weighted by Gasteiger charge is 2.08. The van der Waals surface area contributed by atoms with Crippen molar-refractivity contribution in [3.8, 4) is 11.4 Å². The summed E-state index contributed by atoms with van der Waals surface area (Å²) in [6.07, 6.45) is 0. The first kappa shape index (κ1) is 13.5. The van der Waals surface area contributed by atoms with Crippen LogP contribution in [-0.2, 0) is 0 Å². The van der Waals surface area contributed by atoms with E-state index >= 15 is 0 Å². The molecule has 1 aromatic heterocycles. The molecule has 0 amide bonds. The van der Waals surface area contributed by atoms with Crippen molar-refractivity contribution in [3.05, 3.63) is 34.8 Å². The number of benzene rings is 1. The minimum Gasteiger partial charge on any atom is -0.198 e. The molecule has 0 saturated heterocycles. The lowest BCUT2D eigenvalue weighted by atomic mass is 10.2. The highest BCUT2D eigenvalue weighted by Crippen LogP contribution is 2.27. The molecule has 0 radical (unpaired) electrons. The van der Waals surface area contributed by atoms with E-state index < -0.39 is 5.76 Å². The molecule has 0 bridgehead atoms. The monoisotopic (exact) mass is 307 g/mol. The molecule has 2 aromatic rings. The smallest absolute Gasteiger partial charge is 0.198 e. The maximum atomic E-state index is 12.1. The van der Waals surface area contributed by atoms with Crippen LogP contribution in [0.3, 0.4) is 0 Å². The van der Waals surface area contributed by atoms with Crippen molar-refractivity contribution in [2.45, 2.75) is 10.7 Å². The van der Waals surface area contributed by atoms with Gasteiger partial charge in [0.2, 0.25) is 10.6 Å². The van der Waals surface area contributed by atoms with Crippen LogP contribution in [0.25, 0.3) is 11.4 Å². The van der Waals surface area contributed by atoms with Crippen molar-refractivity contribution in [3.63, 3.8) is 0 Å². The van der Waals surface area contributed by atoms with Crippen LogP contribution < -0.4 is 0 Å². The van der Waals surface area contributed by atoms with Crippen LogP contribution in [0.5, 0.6) is 0 Å². The lowest BCUT2D eigenvalue weighted by Gasteiger charge is -2.03. The topological polar surface area (TPSA) is 38.7 Å². The molecule has 1 aromatic carbocycles. The molecule has 1 heterocycles. The Balaban J connectivity index is 2.28. The van der Waals surface area contributed by atoms with Crippen LogP contribution in [0.4, 0.5) is 8.78 Å². The van der Waals surface area contributed by atoms with E-state index in [1.165, 1.54) is 0 Å². The molecule has 0 atom stereocenters. The molecule has 0 saturated carbocycles. The van der Waals surface area contributed by atoms with Crippen LogP contribution in [0, 0.1) is 0 Å². The molecule has 8 heteroatoms. The predicted molar refractivity (Wildman–Crippen MR) is 67.1 cm³/mol.